The van der Waals surface area contributed by atoms with Gasteiger partial charge in [-0.15, -0.1) is 0 Å². The molecule has 2 aromatic rings. The first kappa shape index (κ1) is 20.1. The van der Waals surface area contributed by atoms with Crippen molar-refractivity contribution in [3.8, 4) is 11.8 Å². The Kier molecular flexibility index (Phi) is 6.93. The largest absolute Gasteiger partial charge is 0.486 e. The number of hydrogen-bond acceptors (Lipinski definition) is 3. The van der Waals surface area contributed by atoms with Crippen LogP contribution >= 0.6 is 34.8 Å². The zero-order valence-corrected chi connectivity index (χ0v) is 16.4. The molecule has 0 unspecified atom stereocenters. The third-order valence-corrected chi connectivity index (χ3v) is 4.20. The van der Waals surface area contributed by atoms with Gasteiger partial charge in [-0.2, -0.15) is 5.26 Å². The molecule has 0 N–H and O–H groups in total. The first-order chi connectivity index (χ1) is 12.3. The zero-order valence-electron chi connectivity index (χ0n) is 14.1. The normalized spacial score (nSPS) is 11.0. The molecule has 1 amide bonds. The first-order valence-corrected chi connectivity index (χ1v) is 8.65. The predicted octanol–water partition coefficient (Wildman–Crippen LogP) is 5.22. The van der Waals surface area contributed by atoms with Crippen LogP contribution in [0, 0.1) is 11.3 Å². The molecule has 7 heteroatoms. The van der Waals surface area contributed by atoms with Crippen LogP contribution in [0.15, 0.2) is 42.0 Å². The summed E-state index contributed by atoms with van der Waals surface area (Å²) < 4.78 is 5.70. The van der Waals surface area contributed by atoms with E-state index in [0.29, 0.717) is 16.3 Å². The number of hydrogen-bond donors (Lipinski definition) is 0. The van der Waals surface area contributed by atoms with E-state index in [4.69, 9.17) is 44.8 Å². The lowest BCUT2D eigenvalue weighted by molar-refractivity contribution is -0.124. The summed E-state index contributed by atoms with van der Waals surface area (Å²) in [6, 6.07) is 12.3. The number of carbonyl (C=O) groups excluding carboxylic acids is 1. The molecule has 0 saturated carbocycles. The van der Waals surface area contributed by atoms with Crippen molar-refractivity contribution in [3.05, 3.63) is 68.2 Å². The molecule has 0 fully saturated rings. The summed E-state index contributed by atoms with van der Waals surface area (Å²) in [5, 5.41) is 10.4. The van der Waals surface area contributed by atoms with Gasteiger partial charge >= 0.3 is 0 Å². The van der Waals surface area contributed by atoms with Gasteiger partial charge < -0.3 is 9.64 Å². The van der Waals surface area contributed by atoms with E-state index in [9.17, 15) is 4.79 Å². The Balaban J connectivity index is 2.23. The lowest BCUT2D eigenvalue weighted by Gasteiger charge is -2.12. The van der Waals surface area contributed by atoms with Crippen molar-refractivity contribution in [1.29, 1.82) is 5.26 Å². The fourth-order valence-electron chi connectivity index (χ4n) is 2.09. The molecule has 26 heavy (non-hydrogen) atoms. The molecular formula is C19H15Cl3N2O2. The lowest BCUT2D eigenvalue weighted by Crippen LogP contribution is -2.22. The van der Waals surface area contributed by atoms with Gasteiger partial charge in [0.05, 0.1) is 10.0 Å². The van der Waals surface area contributed by atoms with Gasteiger partial charge in [-0.3, -0.25) is 4.79 Å². The SMILES string of the molecule is CN(C)C(=O)/C(C#N)=C\c1cc(Cl)c(OCc2ccc(Cl)cc2)c(Cl)c1. The summed E-state index contributed by atoms with van der Waals surface area (Å²) in [6.07, 6.45) is 1.43. The summed E-state index contributed by atoms with van der Waals surface area (Å²) in [5.74, 6) is -0.0688. The van der Waals surface area contributed by atoms with Crippen molar-refractivity contribution in [1.82, 2.24) is 4.90 Å². The van der Waals surface area contributed by atoms with Gasteiger partial charge in [0, 0.05) is 19.1 Å². The molecule has 0 aromatic heterocycles. The van der Waals surface area contributed by atoms with E-state index in [1.807, 2.05) is 18.2 Å². The van der Waals surface area contributed by atoms with Crippen molar-refractivity contribution >= 4 is 46.8 Å². The van der Waals surface area contributed by atoms with Crippen LogP contribution in [-0.4, -0.2) is 24.9 Å². The summed E-state index contributed by atoms with van der Waals surface area (Å²) in [4.78, 5) is 13.3. The number of nitrogens with zero attached hydrogens (tertiary/aromatic N) is 2. The topological polar surface area (TPSA) is 53.3 Å². The monoisotopic (exact) mass is 408 g/mol. The van der Waals surface area contributed by atoms with Gasteiger partial charge in [0.1, 0.15) is 18.2 Å². The number of halogens is 3. The minimum atomic E-state index is -0.400. The first-order valence-electron chi connectivity index (χ1n) is 7.51. The molecule has 0 spiro atoms. The quantitative estimate of drug-likeness (QED) is 0.502. The van der Waals surface area contributed by atoms with Gasteiger partial charge in [0.15, 0.2) is 5.75 Å². The van der Waals surface area contributed by atoms with Crippen molar-refractivity contribution in [2.45, 2.75) is 6.61 Å². The Morgan fingerprint density at radius 3 is 2.23 bits per heavy atom. The van der Waals surface area contributed by atoms with E-state index in [0.717, 1.165) is 5.56 Å². The maximum Gasteiger partial charge on any atom is 0.264 e. The summed E-state index contributed by atoms with van der Waals surface area (Å²) in [6.45, 7) is 0.272. The van der Waals surface area contributed by atoms with Crippen molar-refractivity contribution in [3.63, 3.8) is 0 Å². The molecular weight excluding hydrogens is 395 g/mol. The third kappa shape index (κ3) is 5.15. The third-order valence-electron chi connectivity index (χ3n) is 3.39. The average Bonchev–Trinajstić information content (AvgIpc) is 2.59. The molecule has 0 aliphatic carbocycles. The molecule has 134 valence electrons. The number of rotatable bonds is 5. The van der Waals surface area contributed by atoms with E-state index in [1.165, 1.54) is 11.0 Å². The second kappa shape index (κ2) is 8.95. The van der Waals surface area contributed by atoms with E-state index >= 15 is 0 Å². The maximum absolute atomic E-state index is 11.9. The Hall–Kier alpha value is -2.19. The van der Waals surface area contributed by atoms with Crippen LogP contribution in [0.5, 0.6) is 5.75 Å². The van der Waals surface area contributed by atoms with E-state index in [2.05, 4.69) is 0 Å². The Labute approximate surface area is 167 Å². The van der Waals surface area contributed by atoms with Gasteiger partial charge in [-0.1, -0.05) is 46.9 Å². The van der Waals surface area contributed by atoms with Crippen LogP contribution in [-0.2, 0) is 11.4 Å². The number of amides is 1. The minimum absolute atomic E-state index is 0.0167. The standard InChI is InChI=1S/C19H15Cl3N2O2/c1-24(2)19(25)14(10-23)7-13-8-16(21)18(17(22)9-13)26-11-12-3-5-15(20)6-4-12/h3-9H,11H2,1-2H3/b14-7-. The maximum atomic E-state index is 11.9. The van der Waals surface area contributed by atoms with E-state index in [1.54, 1.807) is 38.4 Å². The molecule has 0 saturated heterocycles. The summed E-state index contributed by atoms with van der Waals surface area (Å²) >= 11 is 18.4. The van der Waals surface area contributed by atoms with E-state index in [-0.39, 0.29) is 22.2 Å². The predicted molar refractivity (Wildman–Crippen MR) is 105 cm³/mol. The number of nitriles is 1. The fourth-order valence-corrected chi connectivity index (χ4v) is 2.83. The highest BCUT2D eigenvalue weighted by atomic mass is 35.5. The fraction of sp³-hybridized carbons (Fsp3) is 0.158. The Morgan fingerprint density at radius 2 is 1.73 bits per heavy atom. The molecule has 0 aliphatic rings. The lowest BCUT2D eigenvalue weighted by atomic mass is 10.1. The second-order valence-corrected chi connectivity index (χ2v) is 6.85. The molecule has 0 radical (unpaired) electrons. The molecule has 0 aliphatic heterocycles. The number of benzene rings is 2. The van der Waals surface area contributed by atoms with Crippen LogP contribution in [0.3, 0.4) is 0 Å². The van der Waals surface area contributed by atoms with E-state index < -0.39 is 5.91 Å². The smallest absolute Gasteiger partial charge is 0.264 e. The molecule has 2 rings (SSSR count). The highest BCUT2D eigenvalue weighted by molar-refractivity contribution is 6.37. The van der Waals surface area contributed by atoms with Gasteiger partial charge in [-0.25, -0.2) is 0 Å². The highest BCUT2D eigenvalue weighted by Gasteiger charge is 2.14. The summed E-state index contributed by atoms with van der Waals surface area (Å²) in [5.41, 5.74) is 1.43. The molecule has 0 heterocycles. The molecule has 0 atom stereocenters. The summed E-state index contributed by atoms with van der Waals surface area (Å²) in [7, 11) is 3.14. The van der Waals surface area contributed by atoms with Crippen LogP contribution in [0.4, 0.5) is 0 Å². The molecule has 0 bridgehead atoms. The van der Waals surface area contributed by atoms with Gasteiger partial charge in [0.2, 0.25) is 0 Å². The van der Waals surface area contributed by atoms with Gasteiger partial charge in [-0.05, 0) is 41.5 Å². The Bertz CT molecular complexity index is 862. The van der Waals surface area contributed by atoms with Crippen molar-refractivity contribution in [2.75, 3.05) is 14.1 Å². The van der Waals surface area contributed by atoms with Gasteiger partial charge in [0.25, 0.3) is 5.91 Å². The Morgan fingerprint density at radius 1 is 1.15 bits per heavy atom. The minimum Gasteiger partial charge on any atom is -0.486 e. The molecule has 4 nitrogen and oxygen atoms in total. The zero-order chi connectivity index (χ0) is 19.3. The highest BCUT2D eigenvalue weighted by Crippen LogP contribution is 2.35. The molecule has 2 aromatic carbocycles. The van der Waals surface area contributed by atoms with Crippen LogP contribution in [0.25, 0.3) is 6.08 Å². The van der Waals surface area contributed by atoms with Crippen molar-refractivity contribution in [2.24, 2.45) is 0 Å². The van der Waals surface area contributed by atoms with Crippen LogP contribution < -0.4 is 4.74 Å². The van der Waals surface area contributed by atoms with Crippen LogP contribution in [0.2, 0.25) is 15.1 Å². The number of likely N-dealkylation sites (N-methyl/N-ethyl adjacent to an activating group) is 1. The number of ether oxygens (including phenoxy) is 1. The average molecular weight is 410 g/mol. The number of carbonyl (C=O) groups is 1. The van der Waals surface area contributed by atoms with Crippen LogP contribution in [0.1, 0.15) is 11.1 Å². The van der Waals surface area contributed by atoms with Crippen molar-refractivity contribution < 1.29 is 9.53 Å². The second-order valence-electron chi connectivity index (χ2n) is 5.60.